The Morgan fingerprint density at radius 3 is 2.00 bits per heavy atom. The highest BCUT2D eigenvalue weighted by atomic mass is 15.2. The standard InChI is InChI=1S/C20H31N3/c1-2-12-21(11-1)17-18-5-7-19(8-6-18)23-15-9-20(10-16-23)22-13-3-4-14-22/h5-8,20H,1-4,9-17H2. The van der Waals surface area contributed by atoms with Crippen LogP contribution in [0.4, 0.5) is 5.69 Å². The molecule has 1 aromatic rings. The van der Waals surface area contributed by atoms with E-state index in [0.29, 0.717) is 0 Å². The van der Waals surface area contributed by atoms with Gasteiger partial charge in [-0.1, -0.05) is 12.1 Å². The van der Waals surface area contributed by atoms with Crippen LogP contribution in [0.15, 0.2) is 24.3 Å². The number of anilines is 1. The summed E-state index contributed by atoms with van der Waals surface area (Å²) in [5.41, 5.74) is 2.90. The lowest BCUT2D eigenvalue weighted by atomic mass is 10.0. The van der Waals surface area contributed by atoms with Crippen LogP contribution in [0.2, 0.25) is 0 Å². The first-order valence-electron chi connectivity index (χ1n) is 9.69. The lowest BCUT2D eigenvalue weighted by Crippen LogP contribution is -2.43. The number of likely N-dealkylation sites (tertiary alicyclic amines) is 2. The molecule has 126 valence electrons. The van der Waals surface area contributed by atoms with E-state index in [1.165, 1.54) is 89.0 Å². The van der Waals surface area contributed by atoms with Gasteiger partial charge in [-0.2, -0.15) is 0 Å². The number of benzene rings is 1. The first-order valence-corrected chi connectivity index (χ1v) is 9.69. The van der Waals surface area contributed by atoms with E-state index in [0.717, 1.165) is 12.6 Å². The monoisotopic (exact) mass is 313 g/mol. The quantitative estimate of drug-likeness (QED) is 0.844. The molecule has 3 heterocycles. The van der Waals surface area contributed by atoms with Crippen LogP contribution in [0, 0.1) is 0 Å². The van der Waals surface area contributed by atoms with Crippen molar-refractivity contribution in [2.45, 2.75) is 51.1 Å². The van der Waals surface area contributed by atoms with Gasteiger partial charge in [0.1, 0.15) is 0 Å². The molecule has 4 rings (SSSR count). The Morgan fingerprint density at radius 1 is 0.739 bits per heavy atom. The molecule has 0 unspecified atom stereocenters. The summed E-state index contributed by atoms with van der Waals surface area (Å²) in [6.07, 6.45) is 8.27. The van der Waals surface area contributed by atoms with Crippen molar-refractivity contribution >= 4 is 5.69 Å². The van der Waals surface area contributed by atoms with Gasteiger partial charge in [-0.25, -0.2) is 0 Å². The van der Waals surface area contributed by atoms with Crippen LogP contribution in [-0.4, -0.2) is 55.1 Å². The van der Waals surface area contributed by atoms with E-state index in [1.54, 1.807) is 0 Å². The lowest BCUT2D eigenvalue weighted by molar-refractivity contribution is 0.208. The molecule has 3 saturated heterocycles. The van der Waals surface area contributed by atoms with E-state index in [-0.39, 0.29) is 0 Å². The second-order valence-electron chi connectivity index (χ2n) is 7.61. The van der Waals surface area contributed by atoms with Crippen molar-refractivity contribution in [2.75, 3.05) is 44.2 Å². The molecule has 1 aromatic carbocycles. The molecule has 0 saturated carbocycles. The highest BCUT2D eigenvalue weighted by Gasteiger charge is 2.26. The maximum Gasteiger partial charge on any atom is 0.0366 e. The third kappa shape index (κ3) is 3.72. The first kappa shape index (κ1) is 15.5. The number of nitrogens with zero attached hydrogens (tertiary/aromatic N) is 3. The van der Waals surface area contributed by atoms with Gasteiger partial charge < -0.3 is 9.80 Å². The van der Waals surface area contributed by atoms with Crippen molar-refractivity contribution in [3.8, 4) is 0 Å². The fraction of sp³-hybridized carbons (Fsp3) is 0.700. The molecule has 0 aliphatic carbocycles. The lowest BCUT2D eigenvalue weighted by Gasteiger charge is -2.37. The minimum atomic E-state index is 0.850. The van der Waals surface area contributed by atoms with Crippen LogP contribution in [0.5, 0.6) is 0 Å². The molecule has 0 atom stereocenters. The Kier molecular flexibility index (Phi) is 4.86. The summed E-state index contributed by atoms with van der Waals surface area (Å²) in [4.78, 5) is 7.90. The summed E-state index contributed by atoms with van der Waals surface area (Å²) in [5.74, 6) is 0. The van der Waals surface area contributed by atoms with Crippen LogP contribution in [0.1, 0.15) is 44.1 Å². The minimum Gasteiger partial charge on any atom is -0.371 e. The Bertz CT molecular complexity index is 478. The Morgan fingerprint density at radius 2 is 1.35 bits per heavy atom. The molecule has 0 bridgehead atoms. The second-order valence-corrected chi connectivity index (χ2v) is 7.61. The summed E-state index contributed by atoms with van der Waals surface area (Å²) < 4.78 is 0. The highest BCUT2D eigenvalue weighted by Crippen LogP contribution is 2.25. The summed E-state index contributed by atoms with van der Waals surface area (Å²) in [5, 5.41) is 0. The zero-order chi connectivity index (χ0) is 15.5. The molecule has 0 N–H and O–H groups in total. The van der Waals surface area contributed by atoms with Crippen LogP contribution in [-0.2, 0) is 6.54 Å². The highest BCUT2D eigenvalue weighted by molar-refractivity contribution is 5.48. The topological polar surface area (TPSA) is 9.72 Å². The van der Waals surface area contributed by atoms with E-state index in [4.69, 9.17) is 0 Å². The van der Waals surface area contributed by atoms with Crippen molar-refractivity contribution in [3.05, 3.63) is 29.8 Å². The van der Waals surface area contributed by atoms with Crippen molar-refractivity contribution in [3.63, 3.8) is 0 Å². The van der Waals surface area contributed by atoms with E-state index < -0.39 is 0 Å². The zero-order valence-corrected chi connectivity index (χ0v) is 14.4. The summed E-state index contributed by atoms with van der Waals surface area (Å²) in [6, 6.07) is 10.2. The number of rotatable bonds is 4. The number of hydrogen-bond acceptors (Lipinski definition) is 3. The molecule has 3 nitrogen and oxygen atoms in total. The zero-order valence-electron chi connectivity index (χ0n) is 14.4. The molecule has 3 aliphatic rings. The van der Waals surface area contributed by atoms with Gasteiger partial charge in [0.05, 0.1) is 0 Å². The van der Waals surface area contributed by atoms with Crippen molar-refractivity contribution in [1.82, 2.24) is 9.80 Å². The van der Waals surface area contributed by atoms with Crippen molar-refractivity contribution in [2.24, 2.45) is 0 Å². The fourth-order valence-corrected chi connectivity index (χ4v) is 4.61. The molecule has 0 spiro atoms. The SMILES string of the molecule is c1cc(N2CCC(N3CCCC3)CC2)ccc1CN1CCCC1. The minimum absolute atomic E-state index is 0.850. The largest absolute Gasteiger partial charge is 0.371 e. The second kappa shape index (κ2) is 7.23. The molecule has 3 aliphatic heterocycles. The van der Waals surface area contributed by atoms with Crippen LogP contribution >= 0.6 is 0 Å². The predicted molar refractivity (Wildman–Crippen MR) is 97.0 cm³/mol. The van der Waals surface area contributed by atoms with Crippen LogP contribution < -0.4 is 4.90 Å². The van der Waals surface area contributed by atoms with Gasteiger partial charge >= 0.3 is 0 Å². The van der Waals surface area contributed by atoms with Crippen LogP contribution in [0.3, 0.4) is 0 Å². The Hall–Kier alpha value is -1.06. The first-order chi connectivity index (χ1) is 11.4. The van der Waals surface area contributed by atoms with Gasteiger partial charge in [0.15, 0.2) is 0 Å². The van der Waals surface area contributed by atoms with Crippen LogP contribution in [0.25, 0.3) is 0 Å². The number of piperidine rings is 1. The molecular formula is C20H31N3. The maximum atomic E-state index is 2.73. The average molecular weight is 313 g/mol. The summed E-state index contributed by atoms with van der Waals surface area (Å²) in [6.45, 7) is 8.85. The fourth-order valence-electron chi connectivity index (χ4n) is 4.61. The van der Waals surface area contributed by atoms with Crippen molar-refractivity contribution in [1.29, 1.82) is 0 Å². The summed E-state index contributed by atoms with van der Waals surface area (Å²) >= 11 is 0. The van der Waals surface area contributed by atoms with Gasteiger partial charge in [0.25, 0.3) is 0 Å². The molecule has 3 fully saturated rings. The third-order valence-electron chi connectivity index (χ3n) is 6.03. The molecule has 3 heteroatoms. The van der Waals surface area contributed by atoms with E-state index in [1.807, 2.05) is 0 Å². The molecular weight excluding hydrogens is 282 g/mol. The van der Waals surface area contributed by atoms with Gasteiger partial charge in [-0.05, 0) is 82.4 Å². The molecule has 0 amide bonds. The maximum absolute atomic E-state index is 2.73. The van der Waals surface area contributed by atoms with Gasteiger partial charge in [0, 0.05) is 31.4 Å². The van der Waals surface area contributed by atoms with Crippen molar-refractivity contribution < 1.29 is 0 Å². The smallest absolute Gasteiger partial charge is 0.0366 e. The van der Waals surface area contributed by atoms with E-state index in [2.05, 4.69) is 39.0 Å². The Balaban J connectivity index is 1.30. The molecule has 0 aromatic heterocycles. The third-order valence-corrected chi connectivity index (χ3v) is 6.03. The van der Waals surface area contributed by atoms with E-state index >= 15 is 0 Å². The summed E-state index contributed by atoms with van der Waals surface area (Å²) in [7, 11) is 0. The van der Waals surface area contributed by atoms with Gasteiger partial charge in [-0.15, -0.1) is 0 Å². The Labute approximate surface area is 141 Å². The predicted octanol–water partition coefficient (Wildman–Crippen LogP) is 3.35. The normalized spacial score (nSPS) is 24.6. The van der Waals surface area contributed by atoms with Gasteiger partial charge in [-0.3, -0.25) is 4.90 Å². The van der Waals surface area contributed by atoms with E-state index in [9.17, 15) is 0 Å². The number of hydrogen-bond donors (Lipinski definition) is 0. The average Bonchev–Trinajstić information content (AvgIpc) is 3.30. The molecule has 23 heavy (non-hydrogen) atoms. The molecule has 0 radical (unpaired) electrons. The van der Waals surface area contributed by atoms with Gasteiger partial charge in [0.2, 0.25) is 0 Å².